The Kier molecular flexibility index (Phi) is 5.50. The number of rotatable bonds is 6. The van der Waals surface area contributed by atoms with Gasteiger partial charge in [0.25, 0.3) is 0 Å². The number of alkyl halides is 1. The Hall–Kier alpha value is -2.48. The molecule has 9 heteroatoms. The lowest BCUT2D eigenvalue weighted by Gasteiger charge is -2.38. The van der Waals surface area contributed by atoms with Crippen molar-refractivity contribution < 1.29 is 24.6 Å². The number of nitrogens with two attached hydrogens (primary N) is 1. The summed E-state index contributed by atoms with van der Waals surface area (Å²) in [5, 5.41) is 21.5. The Morgan fingerprint density at radius 3 is 2.58 bits per heavy atom. The standard InChI is InChI=1S/C15H18ClN3O5/c16-6-9-15(24)19(7-8-1-3-11(20)12(21)5-8)10(14(23)18-9)2-4-13(17)22/h1,3,5,9-10,20-21H,2,4,6-7H2,(H2,17,22)(H,18,23). The quantitative estimate of drug-likeness (QED) is 0.414. The maximum atomic E-state index is 12.5. The van der Waals surface area contributed by atoms with Crippen molar-refractivity contribution in [1.82, 2.24) is 10.2 Å². The average molecular weight is 356 g/mol. The third kappa shape index (κ3) is 3.88. The van der Waals surface area contributed by atoms with Crippen molar-refractivity contribution in [2.45, 2.75) is 31.5 Å². The molecule has 0 radical (unpaired) electrons. The summed E-state index contributed by atoms with van der Waals surface area (Å²) in [7, 11) is 0. The van der Waals surface area contributed by atoms with Gasteiger partial charge in [-0.3, -0.25) is 14.4 Å². The van der Waals surface area contributed by atoms with Gasteiger partial charge in [-0.1, -0.05) is 6.07 Å². The lowest BCUT2D eigenvalue weighted by molar-refractivity contribution is -0.150. The molecule has 0 saturated carbocycles. The topological polar surface area (TPSA) is 133 Å². The van der Waals surface area contributed by atoms with Crippen LogP contribution < -0.4 is 11.1 Å². The van der Waals surface area contributed by atoms with E-state index in [1.54, 1.807) is 0 Å². The minimum atomic E-state index is -0.861. The van der Waals surface area contributed by atoms with E-state index in [9.17, 15) is 24.6 Å². The van der Waals surface area contributed by atoms with Crippen LogP contribution in [0, 0.1) is 0 Å². The normalized spacial score (nSPS) is 20.8. The highest BCUT2D eigenvalue weighted by atomic mass is 35.5. The molecule has 1 fully saturated rings. The molecule has 0 aromatic heterocycles. The van der Waals surface area contributed by atoms with E-state index in [1.807, 2.05) is 0 Å². The van der Waals surface area contributed by atoms with Crippen LogP contribution in [0.4, 0.5) is 0 Å². The largest absolute Gasteiger partial charge is 0.504 e. The predicted octanol–water partition coefficient (Wildman–Crippen LogP) is -0.202. The molecule has 1 heterocycles. The average Bonchev–Trinajstić information content (AvgIpc) is 2.53. The van der Waals surface area contributed by atoms with Crippen molar-refractivity contribution in [3.8, 4) is 11.5 Å². The lowest BCUT2D eigenvalue weighted by atomic mass is 10.0. The van der Waals surface area contributed by atoms with Gasteiger partial charge < -0.3 is 26.2 Å². The molecular formula is C15H18ClN3O5. The van der Waals surface area contributed by atoms with E-state index in [4.69, 9.17) is 17.3 Å². The Morgan fingerprint density at radius 1 is 1.29 bits per heavy atom. The summed E-state index contributed by atoms with van der Waals surface area (Å²) in [6, 6.07) is 2.40. The van der Waals surface area contributed by atoms with E-state index in [0.717, 1.165) is 0 Å². The summed E-state index contributed by atoms with van der Waals surface area (Å²) in [5.74, 6) is -2.06. The Labute approximate surface area is 143 Å². The molecule has 0 bridgehead atoms. The summed E-state index contributed by atoms with van der Waals surface area (Å²) in [6.45, 7) is 0.0247. The monoisotopic (exact) mass is 355 g/mol. The van der Waals surface area contributed by atoms with Crippen molar-refractivity contribution in [2.75, 3.05) is 5.88 Å². The number of nitrogens with zero attached hydrogens (tertiary/aromatic N) is 1. The number of phenols is 2. The summed E-state index contributed by atoms with van der Waals surface area (Å²) in [5.41, 5.74) is 5.64. The molecular weight excluding hydrogens is 338 g/mol. The number of hydrogen-bond acceptors (Lipinski definition) is 5. The summed E-state index contributed by atoms with van der Waals surface area (Å²) in [4.78, 5) is 37.1. The number of primary amides is 1. The first-order valence-corrected chi connectivity index (χ1v) is 7.83. The fraction of sp³-hybridized carbons (Fsp3) is 0.400. The van der Waals surface area contributed by atoms with E-state index in [-0.39, 0.29) is 42.7 Å². The van der Waals surface area contributed by atoms with Gasteiger partial charge in [0.2, 0.25) is 17.7 Å². The zero-order chi connectivity index (χ0) is 17.9. The van der Waals surface area contributed by atoms with Crippen molar-refractivity contribution in [1.29, 1.82) is 0 Å². The molecule has 24 heavy (non-hydrogen) atoms. The molecule has 130 valence electrons. The van der Waals surface area contributed by atoms with Crippen molar-refractivity contribution in [2.24, 2.45) is 5.73 Å². The lowest BCUT2D eigenvalue weighted by Crippen LogP contribution is -2.63. The van der Waals surface area contributed by atoms with Crippen LogP contribution in [0.2, 0.25) is 0 Å². The molecule has 1 aliphatic rings. The van der Waals surface area contributed by atoms with Gasteiger partial charge in [-0.2, -0.15) is 0 Å². The number of nitrogens with one attached hydrogen (secondary N) is 1. The van der Waals surface area contributed by atoms with Gasteiger partial charge in [0.1, 0.15) is 12.1 Å². The molecule has 1 aliphatic heterocycles. The highest BCUT2D eigenvalue weighted by Gasteiger charge is 2.40. The van der Waals surface area contributed by atoms with Crippen molar-refractivity contribution in [3.05, 3.63) is 23.8 Å². The maximum Gasteiger partial charge on any atom is 0.247 e. The Bertz CT molecular complexity index is 667. The third-order valence-corrected chi connectivity index (χ3v) is 4.10. The van der Waals surface area contributed by atoms with Gasteiger partial charge in [-0.05, 0) is 24.1 Å². The number of phenolic OH excluding ortho intramolecular Hbond substituents is 2. The SMILES string of the molecule is NC(=O)CCC1C(=O)NC(CCl)C(=O)N1Cc1ccc(O)c(O)c1. The molecule has 3 amide bonds. The van der Waals surface area contributed by atoms with Crippen LogP contribution in [0.5, 0.6) is 11.5 Å². The zero-order valence-electron chi connectivity index (χ0n) is 12.7. The number of hydrogen-bond donors (Lipinski definition) is 4. The summed E-state index contributed by atoms with van der Waals surface area (Å²) < 4.78 is 0. The number of carbonyl (C=O) groups is 3. The van der Waals surface area contributed by atoms with Gasteiger partial charge in [-0.15, -0.1) is 11.6 Å². The highest BCUT2D eigenvalue weighted by molar-refractivity contribution is 6.20. The highest BCUT2D eigenvalue weighted by Crippen LogP contribution is 2.27. The molecule has 1 saturated heterocycles. The molecule has 5 N–H and O–H groups in total. The molecule has 1 aromatic rings. The Morgan fingerprint density at radius 2 is 2.00 bits per heavy atom. The van der Waals surface area contributed by atoms with Crippen LogP contribution in [0.15, 0.2) is 18.2 Å². The number of carbonyl (C=O) groups excluding carboxylic acids is 3. The number of amides is 3. The Balaban J connectivity index is 2.26. The molecule has 2 rings (SSSR count). The smallest absolute Gasteiger partial charge is 0.247 e. The van der Waals surface area contributed by atoms with E-state index >= 15 is 0 Å². The zero-order valence-corrected chi connectivity index (χ0v) is 13.5. The van der Waals surface area contributed by atoms with Gasteiger partial charge in [0.15, 0.2) is 11.5 Å². The van der Waals surface area contributed by atoms with Gasteiger partial charge in [-0.25, -0.2) is 0 Å². The second kappa shape index (κ2) is 7.39. The summed E-state index contributed by atoms with van der Waals surface area (Å²) in [6.07, 6.45) is 0.0419. The second-order valence-corrected chi connectivity index (χ2v) is 5.83. The van der Waals surface area contributed by atoms with E-state index in [1.165, 1.54) is 23.1 Å². The minimum Gasteiger partial charge on any atom is -0.504 e. The third-order valence-electron chi connectivity index (χ3n) is 3.79. The molecule has 0 aliphatic carbocycles. The second-order valence-electron chi connectivity index (χ2n) is 5.53. The number of piperazine rings is 1. The fourth-order valence-corrected chi connectivity index (χ4v) is 2.76. The molecule has 0 spiro atoms. The molecule has 8 nitrogen and oxygen atoms in total. The molecule has 1 aromatic carbocycles. The van der Waals surface area contributed by atoms with E-state index in [2.05, 4.69) is 5.32 Å². The van der Waals surface area contributed by atoms with Crippen LogP contribution in [0.1, 0.15) is 18.4 Å². The number of halogens is 1. The van der Waals surface area contributed by atoms with Crippen molar-refractivity contribution >= 4 is 29.3 Å². The van der Waals surface area contributed by atoms with Crippen LogP contribution in [0.25, 0.3) is 0 Å². The molecule has 2 atom stereocenters. The predicted molar refractivity (Wildman–Crippen MR) is 85.2 cm³/mol. The van der Waals surface area contributed by atoms with Crippen LogP contribution >= 0.6 is 11.6 Å². The molecule has 2 unspecified atom stereocenters. The van der Waals surface area contributed by atoms with E-state index < -0.39 is 23.9 Å². The van der Waals surface area contributed by atoms with E-state index in [0.29, 0.717) is 5.56 Å². The first kappa shape index (κ1) is 17.9. The maximum absolute atomic E-state index is 12.5. The van der Waals surface area contributed by atoms with Crippen LogP contribution in [0.3, 0.4) is 0 Å². The van der Waals surface area contributed by atoms with Gasteiger partial charge >= 0.3 is 0 Å². The van der Waals surface area contributed by atoms with Gasteiger partial charge in [0.05, 0.1) is 5.88 Å². The number of benzene rings is 1. The number of aromatic hydroxyl groups is 2. The van der Waals surface area contributed by atoms with Crippen molar-refractivity contribution in [3.63, 3.8) is 0 Å². The summed E-state index contributed by atoms with van der Waals surface area (Å²) >= 11 is 5.72. The first-order valence-electron chi connectivity index (χ1n) is 7.29. The first-order chi connectivity index (χ1) is 11.3. The van der Waals surface area contributed by atoms with Crippen LogP contribution in [-0.2, 0) is 20.9 Å². The van der Waals surface area contributed by atoms with Gasteiger partial charge in [0, 0.05) is 13.0 Å². The minimum absolute atomic E-state index is 0.0247. The van der Waals surface area contributed by atoms with Crippen LogP contribution in [-0.4, -0.2) is 50.8 Å². The fourth-order valence-electron chi connectivity index (χ4n) is 2.55.